The quantitative estimate of drug-likeness (QED) is 0.757. The number of nitriles is 1. The van der Waals surface area contributed by atoms with Gasteiger partial charge < -0.3 is 10.8 Å². The van der Waals surface area contributed by atoms with Crippen LogP contribution in [-0.4, -0.2) is 37.0 Å². The third-order valence-electron chi connectivity index (χ3n) is 3.12. The highest BCUT2D eigenvalue weighted by atomic mass is 32.2. The van der Waals surface area contributed by atoms with Crippen molar-refractivity contribution >= 4 is 15.7 Å². The second-order valence-electron chi connectivity index (χ2n) is 4.52. The van der Waals surface area contributed by atoms with Crippen molar-refractivity contribution in [3.8, 4) is 6.07 Å². The molecule has 19 heavy (non-hydrogen) atoms. The van der Waals surface area contributed by atoms with Crippen molar-refractivity contribution in [1.29, 1.82) is 5.26 Å². The molecule has 1 heterocycles. The summed E-state index contributed by atoms with van der Waals surface area (Å²) in [6, 6.07) is 6.00. The van der Waals surface area contributed by atoms with E-state index in [1.54, 1.807) is 0 Å². The van der Waals surface area contributed by atoms with Crippen molar-refractivity contribution < 1.29 is 13.5 Å². The second kappa shape index (κ2) is 5.17. The first kappa shape index (κ1) is 13.8. The third kappa shape index (κ3) is 2.71. The largest absolute Gasteiger partial charge is 0.398 e. The molecule has 2 rings (SSSR count). The molecule has 1 unspecified atom stereocenters. The Morgan fingerprint density at radius 1 is 1.47 bits per heavy atom. The highest BCUT2D eigenvalue weighted by Crippen LogP contribution is 2.25. The molecule has 0 spiro atoms. The molecule has 0 aliphatic carbocycles. The molecule has 0 aromatic heterocycles. The molecule has 102 valence electrons. The van der Waals surface area contributed by atoms with Gasteiger partial charge in [-0.15, -0.1) is 0 Å². The fourth-order valence-corrected chi connectivity index (χ4v) is 3.74. The summed E-state index contributed by atoms with van der Waals surface area (Å²) in [7, 11) is -3.71. The lowest BCUT2D eigenvalue weighted by molar-refractivity contribution is 0.108. The number of nitrogens with two attached hydrogens (primary N) is 1. The fraction of sp³-hybridized carbons (Fsp3) is 0.417. The van der Waals surface area contributed by atoms with Crippen LogP contribution in [0.25, 0.3) is 0 Å². The van der Waals surface area contributed by atoms with Crippen LogP contribution in [-0.2, 0) is 10.0 Å². The predicted molar refractivity (Wildman–Crippen MR) is 69.6 cm³/mol. The molecule has 1 atom stereocenters. The van der Waals surface area contributed by atoms with E-state index in [0.717, 1.165) is 0 Å². The van der Waals surface area contributed by atoms with Crippen LogP contribution in [0.2, 0.25) is 0 Å². The maximum atomic E-state index is 12.4. The smallest absolute Gasteiger partial charge is 0.245 e. The monoisotopic (exact) mass is 281 g/mol. The minimum absolute atomic E-state index is 0.0133. The lowest BCUT2D eigenvalue weighted by Gasteiger charge is -2.29. The van der Waals surface area contributed by atoms with E-state index in [9.17, 15) is 13.5 Å². The maximum absolute atomic E-state index is 12.4. The van der Waals surface area contributed by atoms with Crippen LogP contribution >= 0.6 is 0 Å². The van der Waals surface area contributed by atoms with Gasteiger partial charge in [-0.05, 0) is 31.0 Å². The van der Waals surface area contributed by atoms with Crippen molar-refractivity contribution in [2.24, 2.45) is 0 Å². The van der Waals surface area contributed by atoms with Gasteiger partial charge in [0.2, 0.25) is 10.0 Å². The zero-order valence-corrected chi connectivity index (χ0v) is 11.1. The van der Waals surface area contributed by atoms with Crippen LogP contribution in [0.3, 0.4) is 0 Å². The Morgan fingerprint density at radius 2 is 2.21 bits per heavy atom. The molecule has 1 aliphatic heterocycles. The van der Waals surface area contributed by atoms with Gasteiger partial charge in [-0.3, -0.25) is 0 Å². The average molecular weight is 281 g/mol. The standard InChI is InChI=1S/C12H15N3O3S/c13-7-9-3-4-12(11(14)6-9)19(17,18)15-5-1-2-10(16)8-15/h3-4,6,10,16H,1-2,5,8,14H2. The number of β-amino-alcohol motifs (C(OH)–C–C–N with tert-alkyl or cyclic N) is 1. The van der Waals surface area contributed by atoms with Gasteiger partial charge in [0.1, 0.15) is 4.90 Å². The van der Waals surface area contributed by atoms with E-state index in [4.69, 9.17) is 11.0 Å². The second-order valence-corrected chi connectivity index (χ2v) is 6.43. The highest BCUT2D eigenvalue weighted by molar-refractivity contribution is 7.89. The Bertz CT molecular complexity index is 622. The number of hydrogen-bond acceptors (Lipinski definition) is 5. The zero-order chi connectivity index (χ0) is 14.0. The first-order valence-corrected chi connectivity index (χ1v) is 7.37. The van der Waals surface area contributed by atoms with Crippen molar-refractivity contribution in [2.45, 2.75) is 23.8 Å². The number of aliphatic hydroxyl groups excluding tert-OH is 1. The molecule has 0 radical (unpaired) electrons. The van der Waals surface area contributed by atoms with Crippen LogP contribution < -0.4 is 5.73 Å². The topological polar surface area (TPSA) is 107 Å². The van der Waals surface area contributed by atoms with Crippen LogP contribution in [0.5, 0.6) is 0 Å². The summed E-state index contributed by atoms with van der Waals surface area (Å²) < 4.78 is 26.0. The van der Waals surface area contributed by atoms with Crippen LogP contribution in [0.15, 0.2) is 23.1 Å². The number of nitrogens with zero attached hydrogens (tertiary/aromatic N) is 2. The first-order valence-electron chi connectivity index (χ1n) is 5.93. The Balaban J connectivity index is 2.37. The van der Waals surface area contributed by atoms with Gasteiger partial charge in [-0.25, -0.2) is 8.42 Å². The van der Waals surface area contributed by atoms with Gasteiger partial charge in [0, 0.05) is 13.1 Å². The minimum atomic E-state index is -3.71. The van der Waals surface area contributed by atoms with Crippen molar-refractivity contribution in [3.63, 3.8) is 0 Å². The molecule has 1 saturated heterocycles. The molecular weight excluding hydrogens is 266 g/mol. The fourth-order valence-electron chi connectivity index (χ4n) is 2.13. The van der Waals surface area contributed by atoms with E-state index >= 15 is 0 Å². The number of piperidine rings is 1. The Morgan fingerprint density at radius 3 is 2.79 bits per heavy atom. The number of sulfonamides is 1. The first-order chi connectivity index (χ1) is 8.95. The highest BCUT2D eigenvalue weighted by Gasteiger charge is 2.30. The van der Waals surface area contributed by atoms with E-state index in [2.05, 4.69) is 0 Å². The summed E-state index contributed by atoms with van der Waals surface area (Å²) in [5, 5.41) is 18.3. The minimum Gasteiger partial charge on any atom is -0.398 e. The van der Waals surface area contributed by atoms with Gasteiger partial charge in [-0.2, -0.15) is 9.57 Å². The van der Waals surface area contributed by atoms with Gasteiger partial charge in [0.05, 0.1) is 23.4 Å². The van der Waals surface area contributed by atoms with Crippen molar-refractivity contribution in [1.82, 2.24) is 4.31 Å². The summed E-state index contributed by atoms with van der Waals surface area (Å²) in [6.07, 6.45) is 0.592. The molecule has 6 nitrogen and oxygen atoms in total. The van der Waals surface area contributed by atoms with Gasteiger partial charge >= 0.3 is 0 Å². The number of hydrogen-bond donors (Lipinski definition) is 2. The molecule has 7 heteroatoms. The maximum Gasteiger partial charge on any atom is 0.245 e. The molecule has 1 fully saturated rings. The molecule has 1 aromatic carbocycles. The van der Waals surface area contributed by atoms with E-state index in [1.165, 1.54) is 22.5 Å². The third-order valence-corrected chi connectivity index (χ3v) is 5.06. The Kier molecular flexibility index (Phi) is 3.75. The van der Waals surface area contributed by atoms with Gasteiger partial charge in [-0.1, -0.05) is 0 Å². The lowest BCUT2D eigenvalue weighted by atomic mass is 10.1. The summed E-state index contributed by atoms with van der Waals surface area (Å²) in [5.41, 5.74) is 6.07. The molecule has 3 N–H and O–H groups in total. The SMILES string of the molecule is N#Cc1ccc(S(=O)(=O)N2CCCC(O)C2)c(N)c1. The number of nitrogen functional groups attached to an aromatic ring is 1. The summed E-state index contributed by atoms with van der Waals surface area (Å²) >= 11 is 0. The predicted octanol–water partition coefficient (Wildman–Crippen LogP) is 0.286. The normalized spacial score (nSPS) is 20.9. The van der Waals surface area contributed by atoms with Gasteiger partial charge in [0.15, 0.2) is 0 Å². The van der Waals surface area contributed by atoms with Crippen molar-refractivity contribution in [2.75, 3.05) is 18.8 Å². The lowest BCUT2D eigenvalue weighted by Crippen LogP contribution is -2.42. The van der Waals surface area contributed by atoms with E-state index in [0.29, 0.717) is 24.9 Å². The number of benzene rings is 1. The van der Waals surface area contributed by atoms with E-state index < -0.39 is 16.1 Å². The molecule has 0 amide bonds. The van der Waals surface area contributed by atoms with Crippen LogP contribution in [0.4, 0.5) is 5.69 Å². The number of aliphatic hydroxyl groups is 1. The van der Waals surface area contributed by atoms with E-state index in [-0.39, 0.29) is 17.1 Å². The number of anilines is 1. The molecule has 1 aliphatic rings. The van der Waals surface area contributed by atoms with Crippen LogP contribution in [0.1, 0.15) is 18.4 Å². The molecule has 1 aromatic rings. The summed E-state index contributed by atoms with van der Waals surface area (Å²) in [4.78, 5) is -0.0133. The summed E-state index contributed by atoms with van der Waals surface area (Å²) in [6.45, 7) is 0.459. The summed E-state index contributed by atoms with van der Waals surface area (Å²) in [5.74, 6) is 0. The van der Waals surface area contributed by atoms with Crippen molar-refractivity contribution in [3.05, 3.63) is 23.8 Å². The molecule has 0 saturated carbocycles. The van der Waals surface area contributed by atoms with Gasteiger partial charge in [0.25, 0.3) is 0 Å². The average Bonchev–Trinajstić information content (AvgIpc) is 2.38. The number of rotatable bonds is 2. The Hall–Kier alpha value is -1.62. The molecular formula is C12H15N3O3S. The Labute approximate surface area is 112 Å². The van der Waals surface area contributed by atoms with E-state index in [1.807, 2.05) is 6.07 Å². The van der Waals surface area contributed by atoms with Crippen LogP contribution in [0, 0.1) is 11.3 Å². The zero-order valence-electron chi connectivity index (χ0n) is 10.3. The molecule has 0 bridgehead atoms.